The zero-order valence-corrected chi connectivity index (χ0v) is 15.7. The van der Waals surface area contributed by atoms with Gasteiger partial charge in [-0.3, -0.25) is 4.79 Å². The minimum absolute atomic E-state index is 0.0444. The Labute approximate surface area is 155 Å². The molecule has 0 bridgehead atoms. The average molecular weight is 352 g/mol. The summed E-state index contributed by atoms with van der Waals surface area (Å²) in [5, 5.41) is 6.38. The van der Waals surface area contributed by atoms with Gasteiger partial charge in [0.25, 0.3) is 5.91 Å². The molecule has 2 aromatic rings. The Kier molecular flexibility index (Phi) is 6.21. The summed E-state index contributed by atoms with van der Waals surface area (Å²) in [6, 6.07) is 8.09. The van der Waals surface area contributed by atoms with E-state index in [1.165, 1.54) is 32.1 Å². The molecule has 138 valence electrons. The van der Waals surface area contributed by atoms with E-state index in [-0.39, 0.29) is 5.91 Å². The van der Waals surface area contributed by atoms with E-state index in [4.69, 9.17) is 0 Å². The lowest BCUT2D eigenvalue weighted by Crippen LogP contribution is -2.27. The highest BCUT2D eigenvalue weighted by molar-refractivity contribution is 5.95. The van der Waals surface area contributed by atoms with Crippen molar-refractivity contribution in [2.24, 2.45) is 5.92 Å². The van der Waals surface area contributed by atoms with E-state index in [0.717, 1.165) is 11.1 Å². The van der Waals surface area contributed by atoms with Gasteiger partial charge < -0.3 is 10.6 Å². The van der Waals surface area contributed by atoms with Gasteiger partial charge in [0, 0.05) is 36.1 Å². The molecule has 1 aromatic heterocycles. The van der Waals surface area contributed by atoms with Crippen LogP contribution in [-0.4, -0.2) is 28.5 Å². The number of aromatic nitrogens is 2. The fraction of sp³-hybridized carbons (Fsp3) is 0.476. The Morgan fingerprint density at radius 3 is 2.54 bits per heavy atom. The normalized spacial score (nSPS) is 15.0. The summed E-state index contributed by atoms with van der Waals surface area (Å²) in [5.41, 5.74) is 2.52. The molecule has 0 saturated heterocycles. The summed E-state index contributed by atoms with van der Waals surface area (Å²) < 4.78 is 0. The Hall–Kier alpha value is -2.43. The summed E-state index contributed by atoms with van der Waals surface area (Å²) in [5.74, 6) is 1.07. The predicted octanol–water partition coefficient (Wildman–Crippen LogP) is 4.27. The van der Waals surface area contributed by atoms with Crippen molar-refractivity contribution >= 4 is 11.9 Å². The van der Waals surface area contributed by atoms with Gasteiger partial charge in [-0.2, -0.15) is 0 Å². The summed E-state index contributed by atoms with van der Waals surface area (Å²) in [4.78, 5) is 21.2. The quantitative estimate of drug-likeness (QED) is 0.814. The van der Waals surface area contributed by atoms with Gasteiger partial charge in [0.15, 0.2) is 0 Å². The molecule has 1 aliphatic rings. The first-order valence-electron chi connectivity index (χ1n) is 9.59. The van der Waals surface area contributed by atoms with Gasteiger partial charge >= 0.3 is 0 Å². The molecule has 1 fully saturated rings. The van der Waals surface area contributed by atoms with Crippen LogP contribution in [0.2, 0.25) is 0 Å². The van der Waals surface area contributed by atoms with Crippen LogP contribution in [0.15, 0.2) is 36.7 Å². The zero-order chi connectivity index (χ0) is 18.4. The number of benzene rings is 1. The van der Waals surface area contributed by atoms with Crippen molar-refractivity contribution in [2.45, 2.75) is 52.0 Å². The van der Waals surface area contributed by atoms with Gasteiger partial charge in [0.1, 0.15) is 0 Å². The van der Waals surface area contributed by atoms with Gasteiger partial charge in [-0.05, 0) is 36.5 Å². The Bertz CT molecular complexity index is 721. The van der Waals surface area contributed by atoms with Gasteiger partial charge in [-0.15, -0.1) is 0 Å². The van der Waals surface area contributed by atoms with Gasteiger partial charge in [-0.1, -0.05) is 45.2 Å². The molecule has 5 nitrogen and oxygen atoms in total. The lowest BCUT2D eigenvalue weighted by Gasteiger charge is -2.22. The van der Waals surface area contributed by atoms with Crippen molar-refractivity contribution in [3.05, 3.63) is 42.2 Å². The molecule has 0 aliphatic heterocycles. The Morgan fingerprint density at radius 1 is 1.12 bits per heavy atom. The first kappa shape index (κ1) is 18.4. The summed E-state index contributed by atoms with van der Waals surface area (Å²) >= 11 is 0. The molecule has 1 aromatic carbocycles. The van der Waals surface area contributed by atoms with Gasteiger partial charge in [-0.25, -0.2) is 9.97 Å². The van der Waals surface area contributed by atoms with Crippen LogP contribution in [0.4, 0.5) is 5.95 Å². The van der Waals surface area contributed by atoms with Crippen LogP contribution in [0.1, 0.15) is 56.3 Å². The lowest BCUT2D eigenvalue weighted by molar-refractivity contribution is 0.0949. The fourth-order valence-corrected chi connectivity index (χ4v) is 3.22. The second-order valence-corrected chi connectivity index (χ2v) is 7.46. The van der Waals surface area contributed by atoms with E-state index < -0.39 is 0 Å². The van der Waals surface area contributed by atoms with Crippen LogP contribution in [0, 0.1) is 5.92 Å². The fourth-order valence-electron chi connectivity index (χ4n) is 3.22. The number of hydrogen-bond acceptors (Lipinski definition) is 4. The number of nitrogens with zero attached hydrogens (tertiary/aromatic N) is 2. The van der Waals surface area contributed by atoms with E-state index in [2.05, 4.69) is 34.4 Å². The minimum Gasteiger partial charge on any atom is -0.352 e. The van der Waals surface area contributed by atoms with Crippen molar-refractivity contribution in [2.75, 3.05) is 11.9 Å². The van der Waals surface area contributed by atoms with Crippen LogP contribution in [0.5, 0.6) is 0 Å². The lowest BCUT2D eigenvalue weighted by atomic mass is 9.96. The van der Waals surface area contributed by atoms with Crippen LogP contribution in [0.25, 0.3) is 11.1 Å². The minimum atomic E-state index is -0.0444. The summed E-state index contributed by atoms with van der Waals surface area (Å²) in [6.45, 7) is 4.83. The van der Waals surface area contributed by atoms with Gasteiger partial charge in [0.2, 0.25) is 5.95 Å². The molecule has 0 atom stereocenters. The maximum atomic E-state index is 12.3. The molecular weight excluding hydrogens is 324 g/mol. The van der Waals surface area contributed by atoms with E-state index in [1.54, 1.807) is 0 Å². The third kappa shape index (κ3) is 5.04. The van der Waals surface area contributed by atoms with E-state index >= 15 is 0 Å². The zero-order valence-electron chi connectivity index (χ0n) is 15.7. The molecule has 5 heteroatoms. The van der Waals surface area contributed by atoms with Crippen molar-refractivity contribution in [3.63, 3.8) is 0 Å². The molecular formula is C21H28N4O. The smallest absolute Gasteiger partial charge is 0.251 e. The Morgan fingerprint density at radius 2 is 1.85 bits per heavy atom. The molecule has 1 heterocycles. The van der Waals surface area contributed by atoms with Crippen molar-refractivity contribution in [3.8, 4) is 11.1 Å². The number of carbonyl (C=O) groups is 1. The standard InChI is InChI=1S/C21H28N4O/c1-15(2)12-22-20(26)17-8-6-7-16(11-17)18-13-23-21(24-14-18)25-19-9-4-3-5-10-19/h6-8,11,13-15,19H,3-5,9-10,12H2,1-2H3,(H,22,26)(H,23,24,25). The van der Waals surface area contributed by atoms with Crippen LogP contribution in [0.3, 0.4) is 0 Å². The number of rotatable bonds is 6. The number of anilines is 1. The first-order valence-corrected chi connectivity index (χ1v) is 9.59. The van der Waals surface area contributed by atoms with Crippen molar-refractivity contribution in [1.82, 2.24) is 15.3 Å². The molecule has 0 radical (unpaired) electrons. The van der Waals surface area contributed by atoms with E-state index in [9.17, 15) is 4.79 Å². The highest BCUT2D eigenvalue weighted by Crippen LogP contribution is 2.22. The number of hydrogen-bond donors (Lipinski definition) is 2. The maximum Gasteiger partial charge on any atom is 0.251 e. The van der Waals surface area contributed by atoms with E-state index in [1.807, 2.05) is 36.7 Å². The molecule has 26 heavy (non-hydrogen) atoms. The van der Waals surface area contributed by atoms with Gasteiger partial charge in [0.05, 0.1) is 0 Å². The molecule has 0 unspecified atom stereocenters. The highest BCUT2D eigenvalue weighted by Gasteiger charge is 2.14. The van der Waals surface area contributed by atoms with Crippen LogP contribution >= 0.6 is 0 Å². The maximum absolute atomic E-state index is 12.3. The van der Waals surface area contributed by atoms with Crippen molar-refractivity contribution < 1.29 is 4.79 Å². The number of carbonyl (C=O) groups excluding carboxylic acids is 1. The second-order valence-electron chi connectivity index (χ2n) is 7.46. The molecule has 1 aliphatic carbocycles. The van der Waals surface area contributed by atoms with Crippen molar-refractivity contribution in [1.29, 1.82) is 0 Å². The summed E-state index contributed by atoms with van der Waals surface area (Å²) in [7, 11) is 0. The molecule has 2 N–H and O–H groups in total. The first-order chi connectivity index (χ1) is 12.6. The predicted molar refractivity (Wildman–Crippen MR) is 105 cm³/mol. The number of nitrogens with one attached hydrogen (secondary N) is 2. The number of amides is 1. The van der Waals surface area contributed by atoms with E-state index in [0.29, 0.717) is 30.0 Å². The molecule has 1 amide bonds. The third-order valence-corrected chi connectivity index (χ3v) is 4.72. The largest absolute Gasteiger partial charge is 0.352 e. The topological polar surface area (TPSA) is 66.9 Å². The van der Waals surface area contributed by atoms with Crippen LogP contribution in [-0.2, 0) is 0 Å². The third-order valence-electron chi connectivity index (χ3n) is 4.72. The monoisotopic (exact) mass is 352 g/mol. The second kappa shape index (κ2) is 8.79. The molecule has 0 spiro atoms. The molecule has 3 rings (SSSR count). The SMILES string of the molecule is CC(C)CNC(=O)c1cccc(-c2cnc(NC3CCCCC3)nc2)c1. The van der Waals surface area contributed by atoms with Crippen LogP contribution < -0.4 is 10.6 Å². The highest BCUT2D eigenvalue weighted by atomic mass is 16.1. The molecule has 1 saturated carbocycles. The Balaban J connectivity index is 1.66. The average Bonchev–Trinajstić information content (AvgIpc) is 2.67. The summed E-state index contributed by atoms with van der Waals surface area (Å²) in [6.07, 6.45) is 9.92.